The van der Waals surface area contributed by atoms with Gasteiger partial charge in [-0.2, -0.15) is 0 Å². The highest BCUT2D eigenvalue weighted by atomic mass is 16.2. The third-order valence-electron chi connectivity index (χ3n) is 3.81. The number of carbonyl (C=O) groups excluding carboxylic acids is 2. The summed E-state index contributed by atoms with van der Waals surface area (Å²) in [7, 11) is 0. The van der Waals surface area contributed by atoms with Crippen LogP contribution in [-0.2, 0) is 11.2 Å². The molecule has 1 aromatic rings. The lowest BCUT2D eigenvalue weighted by Crippen LogP contribution is -2.50. The van der Waals surface area contributed by atoms with Gasteiger partial charge in [0.05, 0.1) is 0 Å². The van der Waals surface area contributed by atoms with E-state index in [-0.39, 0.29) is 11.7 Å². The van der Waals surface area contributed by atoms with Crippen LogP contribution >= 0.6 is 0 Å². The molecule has 0 aromatic heterocycles. The van der Waals surface area contributed by atoms with Gasteiger partial charge < -0.3 is 11.1 Å². The van der Waals surface area contributed by atoms with Gasteiger partial charge in [0.25, 0.3) is 0 Å². The number of nitrogens with two attached hydrogens (primary N) is 1. The maximum Gasteiger partial charge on any atom is 0.220 e. The Bertz CT molecular complexity index is 499. The van der Waals surface area contributed by atoms with Crippen molar-refractivity contribution in [3.05, 3.63) is 35.4 Å². The zero-order valence-electron chi connectivity index (χ0n) is 11.2. The van der Waals surface area contributed by atoms with E-state index in [0.717, 1.165) is 12.0 Å². The Balaban J connectivity index is 2.37. The molecule has 0 radical (unpaired) electrons. The third-order valence-corrected chi connectivity index (χ3v) is 3.81. The Labute approximate surface area is 113 Å². The summed E-state index contributed by atoms with van der Waals surface area (Å²) < 4.78 is 0. The van der Waals surface area contributed by atoms with E-state index in [1.54, 1.807) is 0 Å². The molecule has 0 saturated carbocycles. The highest BCUT2D eigenvalue weighted by molar-refractivity contribution is 6.07. The van der Waals surface area contributed by atoms with Crippen LogP contribution in [0.2, 0.25) is 0 Å². The smallest absolute Gasteiger partial charge is 0.220 e. The number of aryl methyl sites for hydroxylation is 1. The molecule has 1 saturated heterocycles. The van der Waals surface area contributed by atoms with Gasteiger partial charge in [0.1, 0.15) is 5.54 Å². The van der Waals surface area contributed by atoms with Crippen molar-refractivity contribution in [2.45, 2.75) is 38.1 Å². The van der Waals surface area contributed by atoms with Gasteiger partial charge in [-0.1, -0.05) is 31.2 Å². The van der Waals surface area contributed by atoms with Gasteiger partial charge in [-0.3, -0.25) is 9.59 Å². The quantitative estimate of drug-likeness (QED) is 0.787. The first-order valence-electron chi connectivity index (χ1n) is 6.77. The minimum atomic E-state index is -0.795. The number of rotatable bonds is 5. The van der Waals surface area contributed by atoms with Gasteiger partial charge in [-0.05, 0) is 31.4 Å². The molecule has 2 rings (SSSR count). The molecular formula is C15H20N2O2. The van der Waals surface area contributed by atoms with Crippen LogP contribution in [0.1, 0.15) is 42.1 Å². The van der Waals surface area contributed by atoms with E-state index in [9.17, 15) is 9.59 Å². The molecule has 0 aliphatic carbocycles. The van der Waals surface area contributed by atoms with Crippen molar-refractivity contribution in [1.29, 1.82) is 0 Å². The van der Waals surface area contributed by atoms with E-state index in [1.165, 1.54) is 0 Å². The summed E-state index contributed by atoms with van der Waals surface area (Å²) in [6, 6.07) is 7.59. The lowest BCUT2D eigenvalue weighted by atomic mass is 9.83. The van der Waals surface area contributed by atoms with E-state index in [2.05, 4.69) is 5.32 Å². The molecule has 1 fully saturated rings. The summed E-state index contributed by atoms with van der Waals surface area (Å²) in [6.45, 7) is 2.41. The van der Waals surface area contributed by atoms with Crippen molar-refractivity contribution < 1.29 is 9.59 Å². The van der Waals surface area contributed by atoms with Crippen LogP contribution in [0.25, 0.3) is 0 Å². The Morgan fingerprint density at radius 3 is 2.74 bits per heavy atom. The lowest BCUT2D eigenvalue weighted by molar-refractivity contribution is -0.119. The lowest BCUT2D eigenvalue weighted by Gasteiger charge is -2.28. The van der Waals surface area contributed by atoms with Crippen molar-refractivity contribution >= 4 is 11.7 Å². The number of benzene rings is 1. The largest absolute Gasteiger partial charge is 0.343 e. The topological polar surface area (TPSA) is 72.2 Å². The maximum atomic E-state index is 12.8. The summed E-state index contributed by atoms with van der Waals surface area (Å²) >= 11 is 0. The van der Waals surface area contributed by atoms with Crippen LogP contribution in [0.4, 0.5) is 0 Å². The Kier molecular flexibility index (Phi) is 4.00. The van der Waals surface area contributed by atoms with Crippen molar-refractivity contribution in [3.63, 3.8) is 0 Å². The molecule has 4 nitrogen and oxygen atoms in total. The van der Waals surface area contributed by atoms with Crippen molar-refractivity contribution in [2.24, 2.45) is 5.73 Å². The van der Waals surface area contributed by atoms with Crippen LogP contribution in [0, 0.1) is 0 Å². The zero-order chi connectivity index (χ0) is 13.9. The van der Waals surface area contributed by atoms with Crippen molar-refractivity contribution in [2.75, 3.05) is 6.54 Å². The maximum absolute atomic E-state index is 12.8. The minimum Gasteiger partial charge on any atom is -0.343 e. The Hall–Kier alpha value is -1.68. The summed E-state index contributed by atoms with van der Waals surface area (Å²) in [5.41, 5.74) is 6.55. The summed E-state index contributed by atoms with van der Waals surface area (Å²) in [5.74, 6) is -0.0583. The van der Waals surface area contributed by atoms with E-state index >= 15 is 0 Å². The number of hydrogen-bond donors (Lipinski definition) is 2. The van der Waals surface area contributed by atoms with Gasteiger partial charge >= 0.3 is 0 Å². The first-order chi connectivity index (χ1) is 9.13. The predicted molar refractivity (Wildman–Crippen MR) is 73.9 cm³/mol. The van der Waals surface area contributed by atoms with Crippen molar-refractivity contribution in [3.8, 4) is 0 Å². The molecule has 1 aliphatic rings. The Morgan fingerprint density at radius 2 is 2.16 bits per heavy atom. The summed E-state index contributed by atoms with van der Waals surface area (Å²) in [5, 5.41) is 2.85. The second kappa shape index (κ2) is 5.53. The normalized spacial score (nSPS) is 22.3. The zero-order valence-corrected chi connectivity index (χ0v) is 11.2. The molecule has 102 valence electrons. The monoisotopic (exact) mass is 260 g/mol. The second-order valence-electron chi connectivity index (χ2n) is 5.01. The van der Waals surface area contributed by atoms with Gasteiger partial charge in [-0.25, -0.2) is 0 Å². The van der Waals surface area contributed by atoms with Gasteiger partial charge in [0.15, 0.2) is 5.78 Å². The number of ketones is 1. The number of nitrogens with one attached hydrogen (secondary N) is 1. The molecule has 1 aromatic carbocycles. The summed E-state index contributed by atoms with van der Waals surface area (Å²) in [4.78, 5) is 24.3. The average Bonchev–Trinajstić information content (AvgIpc) is 2.81. The molecule has 1 aliphatic heterocycles. The summed E-state index contributed by atoms with van der Waals surface area (Å²) in [6.07, 6.45) is 2.24. The molecule has 0 spiro atoms. The van der Waals surface area contributed by atoms with Gasteiger partial charge in [0.2, 0.25) is 5.91 Å². The first kappa shape index (κ1) is 13.7. The van der Waals surface area contributed by atoms with E-state index in [1.807, 2.05) is 31.2 Å². The molecule has 0 bridgehead atoms. The van der Waals surface area contributed by atoms with Crippen LogP contribution in [-0.4, -0.2) is 23.8 Å². The molecule has 4 heteroatoms. The number of Topliss-reactive ketones (excluding diaryl/α,β-unsaturated/α-hetero) is 1. The fourth-order valence-electron chi connectivity index (χ4n) is 2.74. The van der Waals surface area contributed by atoms with E-state index in [0.29, 0.717) is 31.4 Å². The molecule has 3 N–H and O–H groups in total. The minimum absolute atomic E-state index is 0.00116. The van der Waals surface area contributed by atoms with Crippen LogP contribution in [0.15, 0.2) is 24.3 Å². The number of carbonyl (C=O) groups is 2. The van der Waals surface area contributed by atoms with Crippen LogP contribution in [0.5, 0.6) is 0 Å². The van der Waals surface area contributed by atoms with Crippen LogP contribution < -0.4 is 11.1 Å². The highest BCUT2D eigenvalue weighted by Gasteiger charge is 2.44. The molecule has 1 heterocycles. The first-order valence-corrected chi connectivity index (χ1v) is 6.77. The fourth-order valence-corrected chi connectivity index (χ4v) is 2.74. The molecule has 1 unspecified atom stereocenters. The Morgan fingerprint density at radius 1 is 1.42 bits per heavy atom. The van der Waals surface area contributed by atoms with Gasteiger partial charge in [0, 0.05) is 12.0 Å². The van der Waals surface area contributed by atoms with Crippen LogP contribution in [0.3, 0.4) is 0 Å². The predicted octanol–water partition coefficient (Wildman–Crippen LogP) is 1.43. The fraction of sp³-hybridized carbons (Fsp3) is 0.467. The molecule has 19 heavy (non-hydrogen) atoms. The standard InChI is InChI=1S/C15H20N2O2/c1-2-11-5-3-4-6-12(11)14(19)15(9-10-16)8-7-13(18)17-15/h3-6H,2,7-10,16H2,1H3,(H,17,18). The SMILES string of the molecule is CCc1ccccc1C(=O)C1(CCN)CCC(=O)N1. The third kappa shape index (κ3) is 2.54. The van der Waals surface area contributed by atoms with Crippen molar-refractivity contribution in [1.82, 2.24) is 5.32 Å². The number of amides is 1. The molecule has 1 atom stereocenters. The van der Waals surface area contributed by atoms with Gasteiger partial charge in [-0.15, -0.1) is 0 Å². The van der Waals surface area contributed by atoms with E-state index in [4.69, 9.17) is 5.73 Å². The molecular weight excluding hydrogens is 240 g/mol. The second-order valence-corrected chi connectivity index (χ2v) is 5.01. The average molecular weight is 260 g/mol. The van der Waals surface area contributed by atoms with E-state index < -0.39 is 5.54 Å². The molecule has 1 amide bonds. The highest BCUT2D eigenvalue weighted by Crippen LogP contribution is 2.29. The number of hydrogen-bond acceptors (Lipinski definition) is 3.